The van der Waals surface area contributed by atoms with E-state index in [-0.39, 0.29) is 13.0 Å². The largest absolute Gasteiger partial charge is 0.480 e. The van der Waals surface area contributed by atoms with Gasteiger partial charge in [0.25, 0.3) is 0 Å². The Bertz CT molecular complexity index is 612. The molecule has 0 bridgehead atoms. The van der Waals surface area contributed by atoms with Crippen molar-refractivity contribution in [2.45, 2.75) is 30.2 Å². The quantitative estimate of drug-likeness (QED) is 0.920. The van der Waals surface area contributed by atoms with Crippen molar-refractivity contribution in [3.8, 4) is 0 Å². The number of piperidine rings is 1. The Kier molecular flexibility index (Phi) is 4.05. The van der Waals surface area contributed by atoms with Crippen molar-refractivity contribution in [3.05, 3.63) is 29.8 Å². The van der Waals surface area contributed by atoms with E-state index in [2.05, 4.69) is 0 Å². The van der Waals surface area contributed by atoms with Gasteiger partial charge in [-0.15, -0.1) is 0 Å². The van der Waals surface area contributed by atoms with Gasteiger partial charge >= 0.3 is 5.97 Å². The predicted molar refractivity (Wildman–Crippen MR) is 65.5 cm³/mol. The van der Waals surface area contributed by atoms with Crippen molar-refractivity contribution in [2.24, 2.45) is 0 Å². The van der Waals surface area contributed by atoms with Gasteiger partial charge in [-0.1, -0.05) is 0 Å². The molecule has 0 amide bonds. The van der Waals surface area contributed by atoms with Crippen LogP contribution in [0.3, 0.4) is 0 Å². The van der Waals surface area contributed by atoms with Crippen LogP contribution in [-0.2, 0) is 14.8 Å². The molecule has 2 rings (SSSR count). The molecule has 8 heteroatoms. The number of carbonyl (C=O) groups is 1. The minimum atomic E-state index is -4.23. The second-order valence-corrected chi connectivity index (χ2v) is 6.46. The van der Waals surface area contributed by atoms with Crippen LogP contribution in [0.2, 0.25) is 0 Å². The highest BCUT2D eigenvalue weighted by atomic mass is 32.2. The molecule has 1 atom stereocenters. The molecule has 0 saturated carbocycles. The highest BCUT2D eigenvalue weighted by Gasteiger charge is 2.37. The zero-order valence-corrected chi connectivity index (χ0v) is 11.2. The molecule has 1 aliphatic heterocycles. The first-order chi connectivity index (χ1) is 9.32. The smallest absolute Gasteiger partial charge is 0.322 e. The molecular formula is C12H13F2NO4S. The summed E-state index contributed by atoms with van der Waals surface area (Å²) in [6.07, 6.45) is 1.30. The van der Waals surface area contributed by atoms with E-state index in [1.165, 1.54) is 0 Å². The van der Waals surface area contributed by atoms with Gasteiger partial charge in [0.2, 0.25) is 10.0 Å². The Morgan fingerprint density at radius 2 is 1.80 bits per heavy atom. The molecule has 110 valence electrons. The number of aliphatic carboxylic acids is 1. The molecule has 0 spiro atoms. The third kappa shape index (κ3) is 2.80. The second kappa shape index (κ2) is 5.45. The maximum atomic E-state index is 13.1. The number of hydrogen-bond donors (Lipinski definition) is 1. The summed E-state index contributed by atoms with van der Waals surface area (Å²) in [5.74, 6) is -3.30. The Balaban J connectivity index is 2.44. The summed E-state index contributed by atoms with van der Waals surface area (Å²) in [7, 11) is -4.23. The molecule has 1 aromatic rings. The molecule has 0 radical (unpaired) electrons. The van der Waals surface area contributed by atoms with Crippen LogP contribution in [-0.4, -0.2) is 36.4 Å². The molecule has 0 unspecified atom stereocenters. The minimum Gasteiger partial charge on any atom is -0.480 e. The van der Waals surface area contributed by atoms with E-state index in [1.54, 1.807) is 0 Å². The lowest BCUT2D eigenvalue weighted by Crippen LogP contribution is -2.47. The molecule has 0 aromatic heterocycles. The van der Waals surface area contributed by atoms with Crippen LogP contribution in [0.4, 0.5) is 8.78 Å². The highest BCUT2D eigenvalue weighted by molar-refractivity contribution is 7.89. The molecule has 1 heterocycles. The number of carboxylic acids is 1. The highest BCUT2D eigenvalue weighted by Crippen LogP contribution is 2.26. The average molecular weight is 305 g/mol. The summed E-state index contributed by atoms with van der Waals surface area (Å²) in [5.41, 5.74) is 0. The number of rotatable bonds is 3. The van der Waals surface area contributed by atoms with E-state index in [0.29, 0.717) is 31.0 Å². The standard InChI is InChI=1S/C12H13F2NO4S/c13-8-5-9(14)7-10(6-8)20(18,19)15-4-2-1-3-11(15)12(16)17/h5-7,11H,1-4H2,(H,16,17)/t11-/m1/s1. The maximum Gasteiger partial charge on any atom is 0.322 e. The Labute approximate surface area is 114 Å². The summed E-state index contributed by atoms with van der Waals surface area (Å²) in [6, 6.07) is 0.738. The first-order valence-corrected chi connectivity index (χ1v) is 7.47. The van der Waals surface area contributed by atoms with E-state index in [0.717, 1.165) is 4.31 Å². The molecule has 0 aliphatic carbocycles. The molecule has 1 saturated heterocycles. The van der Waals surface area contributed by atoms with Gasteiger partial charge in [-0.2, -0.15) is 4.31 Å². The summed E-state index contributed by atoms with van der Waals surface area (Å²) < 4.78 is 51.8. The van der Waals surface area contributed by atoms with Crippen molar-refractivity contribution < 1.29 is 27.1 Å². The molecular weight excluding hydrogens is 292 g/mol. The van der Waals surface area contributed by atoms with Crippen molar-refractivity contribution in [2.75, 3.05) is 6.54 Å². The van der Waals surface area contributed by atoms with Crippen molar-refractivity contribution in [3.63, 3.8) is 0 Å². The summed E-state index contributed by atoms with van der Waals surface area (Å²) in [6.45, 7) is 0.0252. The Morgan fingerprint density at radius 1 is 1.20 bits per heavy atom. The van der Waals surface area contributed by atoms with E-state index < -0.39 is 38.6 Å². The number of hydrogen-bond acceptors (Lipinski definition) is 3. The van der Waals surface area contributed by atoms with Crippen LogP contribution in [0.15, 0.2) is 23.1 Å². The number of halogens is 2. The van der Waals surface area contributed by atoms with Crippen molar-refractivity contribution in [1.29, 1.82) is 0 Å². The lowest BCUT2D eigenvalue weighted by atomic mass is 10.1. The lowest BCUT2D eigenvalue weighted by molar-refractivity contribution is -0.142. The first-order valence-electron chi connectivity index (χ1n) is 6.03. The topological polar surface area (TPSA) is 74.7 Å². The minimum absolute atomic E-state index is 0.0252. The molecule has 1 aliphatic rings. The monoisotopic (exact) mass is 305 g/mol. The van der Waals surface area contributed by atoms with Gasteiger partial charge in [-0.05, 0) is 31.4 Å². The normalized spacial score (nSPS) is 20.8. The number of benzene rings is 1. The van der Waals surface area contributed by atoms with Crippen molar-refractivity contribution in [1.82, 2.24) is 4.31 Å². The van der Waals surface area contributed by atoms with E-state index >= 15 is 0 Å². The fraction of sp³-hybridized carbons (Fsp3) is 0.417. The SMILES string of the molecule is O=C(O)[C@H]1CCCCN1S(=O)(=O)c1cc(F)cc(F)c1. The summed E-state index contributed by atoms with van der Waals surface area (Å²) in [4.78, 5) is 10.6. The zero-order chi connectivity index (χ0) is 14.9. The fourth-order valence-corrected chi connectivity index (χ4v) is 3.95. The zero-order valence-electron chi connectivity index (χ0n) is 10.4. The molecule has 20 heavy (non-hydrogen) atoms. The van der Waals surface area contributed by atoms with Gasteiger partial charge in [0, 0.05) is 12.6 Å². The van der Waals surface area contributed by atoms with Gasteiger partial charge in [0.1, 0.15) is 17.7 Å². The van der Waals surface area contributed by atoms with Gasteiger partial charge in [-0.25, -0.2) is 17.2 Å². The average Bonchev–Trinajstić information content (AvgIpc) is 2.37. The van der Waals surface area contributed by atoms with Crippen molar-refractivity contribution >= 4 is 16.0 Å². The summed E-state index contributed by atoms with van der Waals surface area (Å²) >= 11 is 0. The number of nitrogens with zero attached hydrogens (tertiary/aromatic N) is 1. The van der Waals surface area contributed by atoms with Gasteiger partial charge in [0.05, 0.1) is 4.90 Å². The van der Waals surface area contributed by atoms with E-state index in [1.807, 2.05) is 0 Å². The van der Waals surface area contributed by atoms with Gasteiger partial charge in [0.15, 0.2) is 0 Å². The predicted octanol–water partition coefficient (Wildman–Crippen LogP) is 1.59. The third-order valence-electron chi connectivity index (χ3n) is 3.18. The fourth-order valence-electron chi connectivity index (χ4n) is 2.25. The Hall–Kier alpha value is -1.54. The summed E-state index contributed by atoms with van der Waals surface area (Å²) in [5, 5.41) is 9.07. The first kappa shape index (κ1) is 14.9. The third-order valence-corrected chi connectivity index (χ3v) is 5.07. The van der Waals surface area contributed by atoms with Crippen LogP contribution < -0.4 is 0 Å². The van der Waals surface area contributed by atoms with Crippen LogP contribution in [0.1, 0.15) is 19.3 Å². The maximum absolute atomic E-state index is 13.1. The second-order valence-electron chi connectivity index (χ2n) is 4.57. The lowest BCUT2D eigenvalue weighted by Gasteiger charge is -2.31. The number of carboxylic acid groups (broad SMARTS) is 1. The van der Waals surface area contributed by atoms with Crippen LogP contribution >= 0.6 is 0 Å². The Morgan fingerprint density at radius 3 is 2.35 bits per heavy atom. The van der Waals surface area contributed by atoms with Gasteiger partial charge < -0.3 is 5.11 Å². The molecule has 1 N–H and O–H groups in total. The van der Waals surface area contributed by atoms with Crippen LogP contribution in [0, 0.1) is 11.6 Å². The molecule has 1 aromatic carbocycles. The van der Waals surface area contributed by atoms with Gasteiger partial charge in [-0.3, -0.25) is 4.79 Å². The molecule has 5 nitrogen and oxygen atoms in total. The van der Waals surface area contributed by atoms with E-state index in [9.17, 15) is 22.0 Å². The van der Waals surface area contributed by atoms with Crippen LogP contribution in [0.5, 0.6) is 0 Å². The van der Waals surface area contributed by atoms with E-state index in [4.69, 9.17) is 5.11 Å². The van der Waals surface area contributed by atoms with Crippen LogP contribution in [0.25, 0.3) is 0 Å². The molecule has 1 fully saturated rings. The number of sulfonamides is 1.